The number of halogens is 1. The van der Waals surface area contributed by atoms with E-state index in [9.17, 15) is 14.4 Å². The minimum atomic E-state index is -0.763. The number of aromatic amines is 1. The summed E-state index contributed by atoms with van der Waals surface area (Å²) in [5.74, 6) is -1.95. The number of aromatic nitrogens is 2. The van der Waals surface area contributed by atoms with E-state index in [1.165, 1.54) is 0 Å². The molecule has 0 bridgehead atoms. The average molecular weight is 320 g/mol. The molecule has 22 heavy (non-hydrogen) atoms. The Morgan fingerprint density at radius 2 is 1.95 bits per heavy atom. The van der Waals surface area contributed by atoms with Gasteiger partial charge in [0.05, 0.1) is 5.69 Å². The van der Waals surface area contributed by atoms with Crippen LogP contribution in [0.25, 0.3) is 11.3 Å². The zero-order valence-electron chi connectivity index (χ0n) is 11.1. The third kappa shape index (κ3) is 2.29. The van der Waals surface area contributed by atoms with E-state index >= 15 is 0 Å². The SMILES string of the molecule is Nc1c(-c2ccc(Cl)cc2)n[nH]c1C(=O)N1NC(=O)CC1=O. The maximum atomic E-state index is 12.2. The Labute approximate surface area is 129 Å². The summed E-state index contributed by atoms with van der Waals surface area (Å²) in [6, 6.07) is 6.73. The summed E-state index contributed by atoms with van der Waals surface area (Å²) >= 11 is 5.81. The fraction of sp³-hybridized carbons (Fsp3) is 0.0769. The Kier molecular flexibility index (Phi) is 3.30. The maximum Gasteiger partial charge on any atom is 0.299 e. The Balaban J connectivity index is 1.93. The predicted molar refractivity (Wildman–Crippen MR) is 77.4 cm³/mol. The van der Waals surface area contributed by atoms with Crippen molar-refractivity contribution in [3.63, 3.8) is 0 Å². The Morgan fingerprint density at radius 3 is 2.55 bits per heavy atom. The van der Waals surface area contributed by atoms with E-state index < -0.39 is 17.7 Å². The van der Waals surface area contributed by atoms with Crippen LogP contribution in [0.15, 0.2) is 24.3 Å². The molecular formula is C13H10ClN5O3. The standard InChI is InChI=1S/C13H10ClN5O3/c14-7-3-1-6(2-4-7)11-10(15)12(17-16-11)13(22)19-9(21)5-8(20)18-19/h1-4H,5,15H2,(H,16,17)(H,18,20). The number of H-pyrrole nitrogens is 1. The van der Waals surface area contributed by atoms with Gasteiger partial charge in [-0.3, -0.25) is 24.9 Å². The molecule has 0 radical (unpaired) electrons. The van der Waals surface area contributed by atoms with Crippen molar-refractivity contribution in [2.24, 2.45) is 0 Å². The number of benzene rings is 1. The highest BCUT2D eigenvalue weighted by Gasteiger charge is 2.35. The summed E-state index contributed by atoms with van der Waals surface area (Å²) in [6.45, 7) is 0. The van der Waals surface area contributed by atoms with E-state index in [2.05, 4.69) is 15.6 Å². The van der Waals surface area contributed by atoms with Crippen LogP contribution < -0.4 is 11.2 Å². The molecule has 1 aromatic heterocycles. The highest BCUT2D eigenvalue weighted by Crippen LogP contribution is 2.28. The summed E-state index contributed by atoms with van der Waals surface area (Å²) in [6.07, 6.45) is -0.371. The van der Waals surface area contributed by atoms with Gasteiger partial charge in [-0.05, 0) is 12.1 Å². The van der Waals surface area contributed by atoms with Crippen molar-refractivity contribution in [1.82, 2.24) is 20.6 Å². The van der Waals surface area contributed by atoms with Crippen molar-refractivity contribution in [3.8, 4) is 11.3 Å². The summed E-state index contributed by atoms with van der Waals surface area (Å²) < 4.78 is 0. The molecule has 0 saturated carbocycles. The number of nitrogens with two attached hydrogens (primary N) is 1. The second-order valence-electron chi connectivity index (χ2n) is 4.61. The van der Waals surface area contributed by atoms with Crippen molar-refractivity contribution >= 4 is 35.0 Å². The van der Waals surface area contributed by atoms with E-state index in [0.717, 1.165) is 0 Å². The van der Waals surface area contributed by atoms with E-state index in [4.69, 9.17) is 17.3 Å². The van der Waals surface area contributed by atoms with Crippen LogP contribution in [-0.2, 0) is 9.59 Å². The smallest absolute Gasteiger partial charge is 0.299 e. The molecule has 112 valence electrons. The molecule has 0 unspecified atom stereocenters. The minimum Gasteiger partial charge on any atom is -0.395 e. The molecule has 1 aliphatic rings. The number of nitrogens with zero attached hydrogens (tertiary/aromatic N) is 2. The number of imide groups is 1. The summed E-state index contributed by atoms with van der Waals surface area (Å²) in [7, 11) is 0. The number of hydrogen-bond acceptors (Lipinski definition) is 5. The first-order chi connectivity index (χ1) is 10.5. The molecule has 0 spiro atoms. The number of carbonyl (C=O) groups excluding carboxylic acids is 3. The molecule has 2 heterocycles. The number of anilines is 1. The third-order valence-corrected chi connectivity index (χ3v) is 3.39. The molecule has 9 heteroatoms. The van der Waals surface area contributed by atoms with Gasteiger partial charge in [0.2, 0.25) is 5.91 Å². The van der Waals surface area contributed by atoms with Crippen LogP contribution in [0.1, 0.15) is 16.9 Å². The quantitative estimate of drug-likeness (QED) is 0.556. The van der Waals surface area contributed by atoms with Crippen LogP contribution in [0.4, 0.5) is 5.69 Å². The number of amides is 3. The van der Waals surface area contributed by atoms with Gasteiger partial charge in [0, 0.05) is 10.6 Å². The number of nitrogens with one attached hydrogen (secondary N) is 2. The molecule has 3 amide bonds. The van der Waals surface area contributed by atoms with Gasteiger partial charge in [-0.2, -0.15) is 10.1 Å². The highest BCUT2D eigenvalue weighted by molar-refractivity contribution is 6.30. The lowest BCUT2D eigenvalue weighted by molar-refractivity contribution is -0.126. The van der Waals surface area contributed by atoms with E-state index in [-0.39, 0.29) is 17.8 Å². The van der Waals surface area contributed by atoms with Crippen molar-refractivity contribution in [2.45, 2.75) is 6.42 Å². The first-order valence-electron chi connectivity index (χ1n) is 6.24. The largest absolute Gasteiger partial charge is 0.395 e. The van der Waals surface area contributed by atoms with Gasteiger partial charge >= 0.3 is 0 Å². The fourth-order valence-electron chi connectivity index (χ4n) is 2.06. The Morgan fingerprint density at radius 1 is 1.27 bits per heavy atom. The first-order valence-corrected chi connectivity index (χ1v) is 6.61. The van der Waals surface area contributed by atoms with Gasteiger partial charge in [-0.1, -0.05) is 23.7 Å². The highest BCUT2D eigenvalue weighted by atomic mass is 35.5. The number of rotatable bonds is 2. The van der Waals surface area contributed by atoms with Crippen molar-refractivity contribution in [1.29, 1.82) is 0 Å². The summed E-state index contributed by atoms with van der Waals surface area (Å²) in [4.78, 5) is 34.9. The normalized spacial score (nSPS) is 14.3. The Hall–Kier alpha value is -2.87. The second kappa shape index (κ2) is 5.15. The van der Waals surface area contributed by atoms with Crippen LogP contribution in [0.5, 0.6) is 0 Å². The van der Waals surface area contributed by atoms with Crippen LogP contribution >= 0.6 is 11.6 Å². The summed E-state index contributed by atoms with van der Waals surface area (Å²) in [5.41, 5.74) is 9.12. The Bertz CT molecular complexity index is 783. The molecule has 0 atom stereocenters. The van der Waals surface area contributed by atoms with Crippen LogP contribution in [0.3, 0.4) is 0 Å². The molecular weight excluding hydrogens is 310 g/mol. The molecule has 1 aromatic carbocycles. The van der Waals surface area contributed by atoms with E-state index in [1.807, 2.05) is 0 Å². The van der Waals surface area contributed by atoms with Crippen molar-refractivity contribution in [3.05, 3.63) is 35.0 Å². The lowest BCUT2D eigenvalue weighted by Crippen LogP contribution is -2.41. The lowest BCUT2D eigenvalue weighted by atomic mass is 10.1. The minimum absolute atomic E-state index is 0.0690. The third-order valence-electron chi connectivity index (χ3n) is 3.14. The van der Waals surface area contributed by atoms with Gasteiger partial charge < -0.3 is 5.73 Å². The maximum absolute atomic E-state index is 12.2. The van der Waals surface area contributed by atoms with Gasteiger partial charge in [0.25, 0.3) is 11.8 Å². The van der Waals surface area contributed by atoms with Gasteiger partial charge in [0.15, 0.2) is 0 Å². The predicted octanol–water partition coefficient (Wildman–Crippen LogP) is 0.716. The summed E-state index contributed by atoms with van der Waals surface area (Å²) in [5, 5.41) is 7.66. The molecule has 2 aromatic rings. The molecule has 0 aliphatic carbocycles. The van der Waals surface area contributed by atoms with Gasteiger partial charge in [-0.15, -0.1) is 0 Å². The molecule has 1 aliphatic heterocycles. The monoisotopic (exact) mass is 319 g/mol. The number of hydrazine groups is 1. The lowest BCUT2D eigenvalue weighted by Gasteiger charge is -2.11. The average Bonchev–Trinajstić information content (AvgIpc) is 3.02. The van der Waals surface area contributed by atoms with Crippen LogP contribution in [-0.4, -0.2) is 32.9 Å². The van der Waals surface area contributed by atoms with Gasteiger partial charge in [0.1, 0.15) is 17.8 Å². The van der Waals surface area contributed by atoms with Crippen molar-refractivity contribution in [2.75, 3.05) is 5.73 Å². The fourth-order valence-corrected chi connectivity index (χ4v) is 2.19. The second-order valence-corrected chi connectivity index (χ2v) is 5.05. The molecule has 8 nitrogen and oxygen atoms in total. The molecule has 1 fully saturated rings. The number of hydrogen-bond donors (Lipinski definition) is 3. The topological polar surface area (TPSA) is 121 Å². The molecule has 1 saturated heterocycles. The first kappa shape index (κ1) is 14.1. The van der Waals surface area contributed by atoms with Crippen molar-refractivity contribution < 1.29 is 14.4 Å². The molecule has 3 rings (SSSR count). The van der Waals surface area contributed by atoms with E-state index in [1.54, 1.807) is 24.3 Å². The van der Waals surface area contributed by atoms with Crippen LogP contribution in [0.2, 0.25) is 5.02 Å². The number of nitrogen functional groups attached to an aromatic ring is 1. The zero-order valence-corrected chi connectivity index (χ0v) is 11.8. The van der Waals surface area contributed by atoms with E-state index in [0.29, 0.717) is 21.3 Å². The molecule has 4 N–H and O–H groups in total. The van der Waals surface area contributed by atoms with Gasteiger partial charge in [-0.25, -0.2) is 0 Å². The van der Waals surface area contributed by atoms with Crippen LogP contribution in [0, 0.1) is 0 Å². The number of carbonyl (C=O) groups is 3. The zero-order chi connectivity index (χ0) is 15.9.